The Kier molecular flexibility index (Phi) is 4.57. The monoisotopic (exact) mass is 348 g/mol. The summed E-state index contributed by atoms with van der Waals surface area (Å²) in [5, 5.41) is 31.6. The summed E-state index contributed by atoms with van der Waals surface area (Å²) in [6.45, 7) is 8.35. The van der Waals surface area contributed by atoms with Crippen LogP contribution in [0.15, 0.2) is 6.07 Å². The van der Waals surface area contributed by atoms with Gasteiger partial charge in [-0.15, -0.1) is 0 Å². The van der Waals surface area contributed by atoms with Crippen LogP contribution in [-0.2, 0) is 11.8 Å². The highest BCUT2D eigenvalue weighted by Gasteiger charge is 2.56. The molecule has 0 spiro atoms. The van der Waals surface area contributed by atoms with Crippen molar-refractivity contribution < 1.29 is 20.1 Å². The predicted molar refractivity (Wildman–Crippen MR) is 98.3 cm³/mol. The molecule has 4 nitrogen and oxygen atoms in total. The van der Waals surface area contributed by atoms with Gasteiger partial charge >= 0.3 is 0 Å². The van der Waals surface area contributed by atoms with E-state index in [9.17, 15) is 15.3 Å². The van der Waals surface area contributed by atoms with Gasteiger partial charge < -0.3 is 20.1 Å². The average Bonchev–Trinajstić information content (AvgIpc) is 2.57. The molecule has 1 aromatic rings. The van der Waals surface area contributed by atoms with Crippen LogP contribution in [0.2, 0.25) is 0 Å². The Labute approximate surface area is 150 Å². The zero-order valence-corrected chi connectivity index (χ0v) is 16.1. The molecule has 0 radical (unpaired) electrons. The first-order chi connectivity index (χ1) is 11.7. The van der Waals surface area contributed by atoms with Gasteiger partial charge in [0.15, 0.2) is 0 Å². The van der Waals surface area contributed by atoms with Gasteiger partial charge in [0.25, 0.3) is 0 Å². The molecule has 1 fully saturated rings. The van der Waals surface area contributed by atoms with E-state index in [1.54, 1.807) is 7.11 Å². The molecule has 4 heteroatoms. The fourth-order valence-electron chi connectivity index (χ4n) is 5.63. The number of phenolic OH excluding ortho intramolecular Hbond substituents is 1. The Bertz CT molecular complexity index is 668. The van der Waals surface area contributed by atoms with Crippen LogP contribution < -0.4 is 4.74 Å². The van der Waals surface area contributed by atoms with Crippen molar-refractivity contribution in [3.63, 3.8) is 0 Å². The minimum Gasteiger partial charge on any atom is -0.508 e. The van der Waals surface area contributed by atoms with Crippen molar-refractivity contribution in [1.82, 2.24) is 0 Å². The Hall–Kier alpha value is -1.26. The Morgan fingerprint density at radius 3 is 2.52 bits per heavy atom. The van der Waals surface area contributed by atoms with Crippen molar-refractivity contribution in [3.05, 3.63) is 22.8 Å². The molecule has 140 valence electrons. The van der Waals surface area contributed by atoms with E-state index >= 15 is 0 Å². The van der Waals surface area contributed by atoms with E-state index in [1.807, 2.05) is 13.0 Å². The lowest BCUT2D eigenvalue weighted by Crippen LogP contribution is -2.56. The van der Waals surface area contributed by atoms with Gasteiger partial charge in [-0.1, -0.05) is 27.7 Å². The largest absolute Gasteiger partial charge is 0.508 e. The molecule has 2 aliphatic rings. The summed E-state index contributed by atoms with van der Waals surface area (Å²) in [7, 11) is 1.70. The minimum atomic E-state index is -0.541. The summed E-state index contributed by atoms with van der Waals surface area (Å²) < 4.78 is 5.77. The molecule has 3 rings (SSSR count). The van der Waals surface area contributed by atoms with E-state index in [4.69, 9.17) is 4.74 Å². The second-order valence-electron chi connectivity index (χ2n) is 8.75. The summed E-state index contributed by atoms with van der Waals surface area (Å²) in [5.41, 5.74) is 2.32. The number of benzene rings is 1. The maximum Gasteiger partial charge on any atom is 0.126 e. The first kappa shape index (κ1) is 18.5. The average molecular weight is 348 g/mol. The minimum absolute atomic E-state index is 0.0360. The van der Waals surface area contributed by atoms with Crippen molar-refractivity contribution in [2.45, 2.75) is 70.8 Å². The number of aromatic hydroxyl groups is 1. The maximum atomic E-state index is 10.9. The van der Waals surface area contributed by atoms with E-state index in [0.29, 0.717) is 12.2 Å². The van der Waals surface area contributed by atoms with Gasteiger partial charge in [-0.2, -0.15) is 0 Å². The quantitative estimate of drug-likeness (QED) is 0.782. The Morgan fingerprint density at radius 1 is 1.28 bits per heavy atom. The molecule has 25 heavy (non-hydrogen) atoms. The van der Waals surface area contributed by atoms with Gasteiger partial charge in [0.1, 0.15) is 11.5 Å². The van der Waals surface area contributed by atoms with Crippen LogP contribution in [0.1, 0.15) is 69.6 Å². The molecule has 0 bridgehead atoms. The smallest absolute Gasteiger partial charge is 0.126 e. The van der Waals surface area contributed by atoms with Crippen LogP contribution in [0.25, 0.3) is 0 Å². The molecular formula is C21H32O4. The molecule has 0 aliphatic heterocycles. The fraction of sp³-hybridized carbons (Fsp3) is 0.714. The zero-order valence-electron chi connectivity index (χ0n) is 16.1. The first-order valence-electron chi connectivity index (χ1n) is 9.42. The SMILES string of the molecule is COc1c(C(C)C)cc(O)c2c1CCC1C2(C)CCC(O)C1(C)CO. The zero-order chi connectivity index (χ0) is 18.6. The molecule has 2 aliphatic carbocycles. The number of methoxy groups -OCH3 is 1. The third kappa shape index (κ3) is 2.48. The molecule has 0 aromatic heterocycles. The third-order valence-corrected chi connectivity index (χ3v) is 7.07. The first-order valence-corrected chi connectivity index (χ1v) is 9.42. The van der Waals surface area contributed by atoms with Gasteiger partial charge in [-0.25, -0.2) is 0 Å². The molecule has 0 amide bonds. The van der Waals surface area contributed by atoms with Crippen LogP contribution in [0.3, 0.4) is 0 Å². The molecule has 4 unspecified atom stereocenters. The van der Waals surface area contributed by atoms with Crippen molar-refractivity contribution in [1.29, 1.82) is 0 Å². The summed E-state index contributed by atoms with van der Waals surface area (Å²) >= 11 is 0. The number of aliphatic hydroxyl groups excluding tert-OH is 2. The van der Waals surface area contributed by atoms with Gasteiger partial charge in [0, 0.05) is 27.5 Å². The van der Waals surface area contributed by atoms with Crippen LogP contribution in [0, 0.1) is 11.3 Å². The van der Waals surface area contributed by atoms with E-state index in [2.05, 4.69) is 20.8 Å². The lowest BCUT2D eigenvalue weighted by Gasteiger charge is -2.57. The number of hydrogen-bond acceptors (Lipinski definition) is 4. The highest BCUT2D eigenvalue weighted by atomic mass is 16.5. The molecule has 1 saturated carbocycles. The summed E-state index contributed by atoms with van der Waals surface area (Å²) in [6, 6.07) is 1.86. The molecule has 0 saturated heterocycles. The Morgan fingerprint density at radius 2 is 1.96 bits per heavy atom. The summed E-state index contributed by atoms with van der Waals surface area (Å²) in [6.07, 6.45) is 2.62. The lowest BCUT2D eigenvalue weighted by molar-refractivity contribution is -0.110. The second-order valence-corrected chi connectivity index (χ2v) is 8.75. The van der Waals surface area contributed by atoms with Gasteiger partial charge in [0.05, 0.1) is 19.8 Å². The fourth-order valence-corrected chi connectivity index (χ4v) is 5.63. The number of phenols is 1. The van der Waals surface area contributed by atoms with E-state index < -0.39 is 11.5 Å². The summed E-state index contributed by atoms with van der Waals surface area (Å²) in [4.78, 5) is 0. The standard InChI is InChI=1S/C21H32O4/c1-12(2)14-10-15(23)18-13(19(14)25-5)6-7-16-20(18,3)9-8-17(24)21(16,4)11-22/h10,12,16-17,22-24H,6-9,11H2,1-5H3. The maximum absolute atomic E-state index is 10.9. The Balaban J connectivity index is 2.22. The molecule has 3 N–H and O–H groups in total. The second kappa shape index (κ2) is 6.17. The van der Waals surface area contributed by atoms with Gasteiger partial charge in [-0.05, 0) is 43.6 Å². The third-order valence-electron chi connectivity index (χ3n) is 7.07. The van der Waals surface area contributed by atoms with Gasteiger partial charge in [0.2, 0.25) is 0 Å². The highest BCUT2D eigenvalue weighted by molar-refractivity contribution is 5.59. The normalized spacial score (nSPS) is 34.6. The van der Waals surface area contributed by atoms with Crippen LogP contribution in [0.4, 0.5) is 0 Å². The number of rotatable bonds is 3. The number of fused-ring (bicyclic) bond motifs is 3. The van der Waals surface area contributed by atoms with Crippen molar-refractivity contribution in [3.8, 4) is 11.5 Å². The van der Waals surface area contributed by atoms with E-state index in [-0.39, 0.29) is 23.9 Å². The number of ether oxygens (including phenoxy) is 1. The molecular weight excluding hydrogens is 316 g/mol. The van der Waals surface area contributed by atoms with Crippen LogP contribution in [0.5, 0.6) is 11.5 Å². The van der Waals surface area contributed by atoms with E-state index in [0.717, 1.165) is 41.7 Å². The van der Waals surface area contributed by atoms with Crippen molar-refractivity contribution in [2.24, 2.45) is 11.3 Å². The summed E-state index contributed by atoms with van der Waals surface area (Å²) in [5.74, 6) is 1.64. The van der Waals surface area contributed by atoms with E-state index in [1.165, 1.54) is 0 Å². The lowest BCUT2D eigenvalue weighted by atomic mass is 9.49. The number of hydrogen-bond donors (Lipinski definition) is 3. The van der Waals surface area contributed by atoms with Gasteiger partial charge in [-0.3, -0.25) is 0 Å². The predicted octanol–water partition coefficient (Wildman–Crippen LogP) is 3.50. The molecule has 4 atom stereocenters. The molecule has 0 heterocycles. The topological polar surface area (TPSA) is 69.9 Å². The van der Waals surface area contributed by atoms with Crippen LogP contribution in [-0.4, -0.2) is 35.1 Å². The number of aliphatic hydroxyl groups is 2. The highest BCUT2D eigenvalue weighted by Crippen LogP contribution is 2.60. The molecule has 1 aromatic carbocycles. The van der Waals surface area contributed by atoms with Crippen molar-refractivity contribution in [2.75, 3.05) is 13.7 Å². The van der Waals surface area contributed by atoms with Crippen molar-refractivity contribution >= 4 is 0 Å². The van der Waals surface area contributed by atoms with Crippen LogP contribution >= 0.6 is 0 Å².